The zero-order chi connectivity index (χ0) is 26.8. The Morgan fingerprint density at radius 1 is 1.23 bits per heavy atom. The van der Waals surface area contributed by atoms with E-state index in [2.05, 4.69) is 22.9 Å². The van der Waals surface area contributed by atoms with Gasteiger partial charge in [0.25, 0.3) is 0 Å². The number of nitriles is 1. The number of hydrogen-bond donors (Lipinski definition) is 1. The Labute approximate surface area is 244 Å². The predicted molar refractivity (Wildman–Crippen MR) is 148 cm³/mol. The molecule has 2 aromatic heterocycles. The Morgan fingerprint density at radius 2 is 1.97 bits per heavy atom. The maximum Gasteiger partial charge on any atom is 1.00 e. The smallest absolute Gasteiger partial charge is 0.392 e. The summed E-state index contributed by atoms with van der Waals surface area (Å²) in [5.74, 6) is -0.209. The summed E-state index contributed by atoms with van der Waals surface area (Å²) in [7, 11) is 2.18. The summed E-state index contributed by atoms with van der Waals surface area (Å²) in [5.41, 5.74) is 11.3. The number of nitrogens with two attached hydrogens (primary N) is 1. The van der Waals surface area contributed by atoms with E-state index in [0.29, 0.717) is 31.0 Å². The third-order valence-electron chi connectivity index (χ3n) is 8.35. The van der Waals surface area contributed by atoms with Crippen molar-refractivity contribution in [2.24, 2.45) is 5.41 Å². The first-order valence-electron chi connectivity index (χ1n) is 12.8. The molecule has 3 aromatic rings. The molecule has 2 saturated heterocycles. The van der Waals surface area contributed by atoms with Crippen LogP contribution in [0, 0.1) is 29.9 Å². The molecule has 1 aromatic carbocycles. The van der Waals surface area contributed by atoms with Gasteiger partial charge in [0.1, 0.15) is 0 Å². The van der Waals surface area contributed by atoms with Gasteiger partial charge in [-0.3, -0.25) is 6.58 Å². The molecule has 0 saturated carbocycles. The number of aryl methyl sites for hydroxylation is 1. The first-order chi connectivity index (χ1) is 18.3. The number of thiophene rings is 1. The molecule has 0 bridgehead atoms. The molecule has 1 unspecified atom stereocenters. The van der Waals surface area contributed by atoms with Crippen molar-refractivity contribution in [1.29, 1.82) is 5.26 Å². The van der Waals surface area contributed by atoms with Crippen LogP contribution in [0.2, 0.25) is 0 Å². The SMILES string of the molecule is [CH-]=C(F)c1sc(N)c(C#N)c1C(=[CH-])c1c2c(c3cnc(N4CCC5(CCN(C)C5)C4)nc3c1CC)COC2.[Li+]. The second-order valence-corrected chi connectivity index (χ2v) is 11.7. The van der Waals surface area contributed by atoms with Gasteiger partial charge >= 0.3 is 18.9 Å². The van der Waals surface area contributed by atoms with Gasteiger partial charge < -0.3 is 20.3 Å². The van der Waals surface area contributed by atoms with Gasteiger partial charge in [0.2, 0.25) is 5.95 Å². The van der Waals surface area contributed by atoms with Crippen molar-refractivity contribution >= 4 is 44.6 Å². The number of hydrogen-bond acceptors (Lipinski definition) is 8. The Morgan fingerprint density at radius 3 is 2.64 bits per heavy atom. The molecule has 1 spiro atoms. The summed E-state index contributed by atoms with van der Waals surface area (Å²) in [6.45, 7) is 19.2. The normalized spacial score (nSPS) is 20.4. The van der Waals surface area contributed by atoms with Gasteiger partial charge in [-0.1, -0.05) is 18.1 Å². The minimum atomic E-state index is -0.919. The predicted octanol–water partition coefficient (Wildman–Crippen LogP) is 1.88. The fourth-order valence-corrected chi connectivity index (χ4v) is 7.43. The first kappa shape index (κ1) is 27.8. The summed E-state index contributed by atoms with van der Waals surface area (Å²) in [5, 5.41) is 10.9. The number of nitrogen functional groups attached to an aromatic ring is 1. The molecular weight excluding hydrogens is 506 g/mol. The van der Waals surface area contributed by atoms with Crippen LogP contribution < -0.4 is 29.5 Å². The van der Waals surface area contributed by atoms with Gasteiger partial charge in [-0.15, -0.1) is 10.4 Å². The van der Waals surface area contributed by atoms with Crippen molar-refractivity contribution in [3.8, 4) is 6.07 Å². The number of rotatable bonds is 5. The van der Waals surface area contributed by atoms with E-state index in [1.54, 1.807) is 0 Å². The van der Waals surface area contributed by atoms with Gasteiger partial charge in [-0.2, -0.15) is 10.8 Å². The summed E-state index contributed by atoms with van der Waals surface area (Å²) >= 11 is 0.926. The van der Waals surface area contributed by atoms with E-state index in [1.807, 2.05) is 13.1 Å². The van der Waals surface area contributed by atoms with Crippen molar-refractivity contribution in [3.05, 3.63) is 57.6 Å². The number of ether oxygens (including phenoxy) is 1. The fourth-order valence-electron chi connectivity index (χ4n) is 6.55. The molecule has 5 heterocycles. The maximum atomic E-state index is 14.4. The van der Waals surface area contributed by atoms with Crippen LogP contribution >= 0.6 is 11.3 Å². The van der Waals surface area contributed by atoms with E-state index in [1.165, 1.54) is 6.42 Å². The monoisotopic (exact) mass is 535 g/mol. The molecule has 39 heavy (non-hydrogen) atoms. The van der Waals surface area contributed by atoms with Crippen LogP contribution in [-0.2, 0) is 24.4 Å². The molecule has 10 heteroatoms. The van der Waals surface area contributed by atoms with E-state index in [9.17, 15) is 9.65 Å². The van der Waals surface area contributed by atoms with Gasteiger partial charge in [0.05, 0.1) is 29.8 Å². The summed E-state index contributed by atoms with van der Waals surface area (Å²) in [6, 6.07) is 2.09. The molecule has 2 fully saturated rings. The maximum absolute atomic E-state index is 14.4. The Balaban J connectivity index is 0.00000308. The van der Waals surface area contributed by atoms with Gasteiger partial charge in [-0.05, 0) is 44.2 Å². The molecule has 1 atom stereocenters. The van der Waals surface area contributed by atoms with Crippen molar-refractivity contribution in [1.82, 2.24) is 14.9 Å². The van der Waals surface area contributed by atoms with Crippen LogP contribution in [0.4, 0.5) is 15.3 Å². The largest absolute Gasteiger partial charge is 1.00 e. The third kappa shape index (κ3) is 4.40. The zero-order valence-corrected chi connectivity index (χ0v) is 23.4. The summed E-state index contributed by atoms with van der Waals surface area (Å²) < 4.78 is 20.3. The van der Waals surface area contributed by atoms with Crippen LogP contribution in [0.15, 0.2) is 6.20 Å². The molecular formula is C29H29FLiN6OS-. The second-order valence-electron chi connectivity index (χ2n) is 10.7. The Bertz CT molecular complexity index is 1560. The first-order valence-corrected chi connectivity index (χ1v) is 13.7. The van der Waals surface area contributed by atoms with Crippen molar-refractivity contribution in [2.75, 3.05) is 43.9 Å². The van der Waals surface area contributed by atoms with E-state index in [4.69, 9.17) is 33.6 Å². The van der Waals surface area contributed by atoms with Crippen molar-refractivity contribution in [3.63, 3.8) is 0 Å². The quantitative estimate of drug-likeness (QED) is 0.394. The van der Waals surface area contributed by atoms with Crippen LogP contribution in [0.5, 0.6) is 0 Å². The standard InChI is InChI=1S/C29H29FN6OS.Li/c1-5-18-23(16(2)24-19(10-31)27(32)38-26(24)17(3)30)22-13-37-12-21(22)20-11-33-28(34-25(18)20)36-9-7-29(15-36)6-8-35(4)14-29;/h2-3,11H,5-9,12-15,32H2,1,4H3;/q-2;+1. The van der Waals surface area contributed by atoms with E-state index >= 15 is 0 Å². The number of anilines is 2. The number of halogens is 1. The topological polar surface area (TPSA) is 91.3 Å². The molecule has 0 amide bonds. The average Bonchev–Trinajstić information content (AvgIpc) is 3.69. The molecule has 2 N–H and O–H groups in total. The minimum Gasteiger partial charge on any atom is -0.392 e. The fraction of sp³-hybridized carbons (Fsp3) is 0.414. The van der Waals surface area contributed by atoms with Gasteiger partial charge in [-0.25, -0.2) is 37.8 Å². The molecule has 0 aliphatic carbocycles. The van der Waals surface area contributed by atoms with Crippen LogP contribution in [0.3, 0.4) is 0 Å². The number of fused-ring (bicyclic) bond motifs is 3. The van der Waals surface area contributed by atoms with Crippen LogP contribution in [0.25, 0.3) is 22.3 Å². The van der Waals surface area contributed by atoms with Gasteiger partial charge in [0.15, 0.2) is 0 Å². The third-order valence-corrected chi connectivity index (χ3v) is 9.38. The van der Waals surface area contributed by atoms with Crippen molar-refractivity contribution < 1.29 is 28.0 Å². The molecule has 6 rings (SSSR count). The molecule has 196 valence electrons. The molecule has 3 aliphatic heterocycles. The van der Waals surface area contributed by atoms with Gasteiger partial charge in [0, 0.05) is 42.2 Å². The molecule has 0 radical (unpaired) electrons. The van der Waals surface area contributed by atoms with E-state index in [0.717, 1.165) is 77.1 Å². The summed E-state index contributed by atoms with van der Waals surface area (Å²) in [6.07, 6.45) is 4.84. The number of benzene rings is 1. The second kappa shape index (κ2) is 10.4. The molecule has 7 nitrogen and oxygen atoms in total. The number of nitrogens with zero attached hydrogens (tertiary/aromatic N) is 5. The average molecular weight is 536 g/mol. The Hall–Kier alpha value is -2.72. The number of aromatic nitrogens is 2. The van der Waals surface area contributed by atoms with E-state index < -0.39 is 5.83 Å². The van der Waals surface area contributed by atoms with E-state index in [-0.39, 0.29) is 45.4 Å². The minimum absolute atomic E-state index is 0. The zero-order valence-electron chi connectivity index (χ0n) is 22.6. The molecule has 3 aliphatic rings. The van der Waals surface area contributed by atoms with Crippen LogP contribution in [-0.4, -0.2) is 48.1 Å². The van der Waals surface area contributed by atoms with Crippen LogP contribution in [0.1, 0.15) is 58.0 Å². The Kier molecular flexibility index (Phi) is 7.39. The summed E-state index contributed by atoms with van der Waals surface area (Å²) in [4.78, 5) is 14.7. The number of likely N-dealkylation sites (tertiary alicyclic amines) is 1. The van der Waals surface area contributed by atoms with Crippen molar-refractivity contribution in [2.45, 2.75) is 39.4 Å².